The van der Waals surface area contributed by atoms with Crippen molar-refractivity contribution < 1.29 is 28.4 Å². The number of fused-ring (bicyclic) bond motifs is 1. The average molecular weight is 501 g/mol. The fraction of sp³-hybridized carbons (Fsp3) is 0.632. The van der Waals surface area contributed by atoms with Gasteiger partial charge in [0, 0.05) is 6.54 Å². The number of nitrogens with one attached hydrogen (secondary N) is 3. The van der Waals surface area contributed by atoms with E-state index < -0.39 is 37.0 Å². The highest BCUT2D eigenvalue weighted by atomic mass is 31.2. The molecule has 0 saturated carbocycles. The first-order valence-electron chi connectivity index (χ1n) is 10.8. The van der Waals surface area contributed by atoms with Crippen LogP contribution in [0.2, 0.25) is 0 Å². The van der Waals surface area contributed by atoms with Crippen LogP contribution in [0.15, 0.2) is 11.1 Å². The number of nitrogen functional groups attached to an aromatic ring is 1. The highest BCUT2D eigenvalue weighted by molar-refractivity contribution is 7.59. The molecule has 2 rings (SSSR count). The van der Waals surface area contributed by atoms with E-state index in [4.69, 9.17) is 19.9 Å². The summed E-state index contributed by atoms with van der Waals surface area (Å²) in [6.45, 7) is 8.50. The van der Waals surface area contributed by atoms with Crippen LogP contribution < -0.4 is 21.5 Å². The lowest BCUT2D eigenvalue weighted by Crippen LogP contribution is -2.43. The standard InChI is InChI=1S/C19H32N7O7P/c1-6-32-17(28)12(4)24-34(30,25-13(5)18(29)33-11(2)3)10-31-8-7-26-9-21-14-15(26)22-19(20)23-16(14)27/h9,11-13H,6-8,10H2,1-5H3,(H2,24,25,30)(H3,20,22,23,27)/t12-,13-,34?/m0/s1. The molecule has 0 aliphatic heterocycles. The van der Waals surface area contributed by atoms with E-state index in [0.717, 1.165) is 0 Å². The normalized spacial score (nSPS) is 15.1. The van der Waals surface area contributed by atoms with Crippen LogP contribution >= 0.6 is 7.44 Å². The molecule has 0 radical (unpaired) electrons. The quantitative estimate of drug-likeness (QED) is 0.167. The zero-order valence-electron chi connectivity index (χ0n) is 19.9. The lowest BCUT2D eigenvalue weighted by molar-refractivity contribution is -0.149. The number of carbonyl (C=O) groups is 2. The van der Waals surface area contributed by atoms with Crippen molar-refractivity contribution in [1.82, 2.24) is 29.7 Å². The third-order valence-electron chi connectivity index (χ3n) is 4.39. The first-order chi connectivity index (χ1) is 16.0. The van der Waals surface area contributed by atoms with Gasteiger partial charge in [0.15, 0.2) is 11.2 Å². The van der Waals surface area contributed by atoms with E-state index in [1.165, 1.54) is 20.2 Å². The molecule has 5 N–H and O–H groups in total. The Kier molecular flexibility index (Phi) is 9.74. The lowest BCUT2D eigenvalue weighted by atomic mass is 10.4. The van der Waals surface area contributed by atoms with E-state index in [1.807, 2.05) is 0 Å². The number of esters is 2. The minimum Gasteiger partial charge on any atom is -0.465 e. The zero-order chi connectivity index (χ0) is 25.5. The van der Waals surface area contributed by atoms with Gasteiger partial charge in [0.25, 0.3) is 5.56 Å². The summed E-state index contributed by atoms with van der Waals surface area (Å²) in [6.07, 6.45) is 0.718. The Morgan fingerprint density at radius 1 is 1.21 bits per heavy atom. The van der Waals surface area contributed by atoms with Gasteiger partial charge in [0.2, 0.25) is 13.4 Å². The number of aromatic nitrogens is 4. The third-order valence-corrected chi connectivity index (χ3v) is 6.55. The van der Waals surface area contributed by atoms with Crippen LogP contribution in [-0.2, 0) is 34.9 Å². The first kappa shape index (κ1) is 27.4. The molecular weight excluding hydrogens is 469 g/mol. The minimum absolute atomic E-state index is 0.0479. The van der Waals surface area contributed by atoms with E-state index in [-0.39, 0.29) is 49.3 Å². The molecule has 14 nitrogen and oxygen atoms in total. The van der Waals surface area contributed by atoms with Crippen LogP contribution in [-0.4, -0.2) is 69.2 Å². The van der Waals surface area contributed by atoms with Crippen LogP contribution in [0.5, 0.6) is 0 Å². The van der Waals surface area contributed by atoms with Crippen LogP contribution in [0.1, 0.15) is 34.6 Å². The predicted octanol–water partition coefficient (Wildman–Crippen LogP) is 0.340. The number of imidazole rings is 1. The molecule has 0 amide bonds. The van der Waals surface area contributed by atoms with Crippen molar-refractivity contribution in [3.05, 3.63) is 16.7 Å². The third kappa shape index (κ3) is 7.62. The topological polar surface area (TPSA) is 193 Å². The van der Waals surface area contributed by atoms with Crippen molar-refractivity contribution in [2.45, 2.75) is 59.4 Å². The maximum Gasteiger partial charge on any atom is 0.323 e. The van der Waals surface area contributed by atoms with Gasteiger partial charge in [-0.1, -0.05) is 0 Å². The maximum atomic E-state index is 13.5. The average Bonchev–Trinajstić information content (AvgIpc) is 3.13. The van der Waals surface area contributed by atoms with Gasteiger partial charge in [0.1, 0.15) is 18.4 Å². The molecule has 15 heteroatoms. The lowest BCUT2D eigenvalue weighted by Gasteiger charge is -2.26. The molecule has 0 fully saturated rings. The van der Waals surface area contributed by atoms with Crippen LogP contribution in [0.4, 0.5) is 5.95 Å². The molecule has 0 aliphatic carbocycles. The summed E-state index contributed by atoms with van der Waals surface area (Å²) in [6, 6.07) is -1.86. The number of hydrogen-bond acceptors (Lipinski definition) is 10. The Bertz CT molecular complexity index is 1100. The number of aromatic amines is 1. The molecule has 0 bridgehead atoms. The molecule has 0 aromatic carbocycles. The monoisotopic (exact) mass is 501 g/mol. The van der Waals surface area contributed by atoms with Gasteiger partial charge in [-0.3, -0.25) is 23.9 Å². The molecular formula is C19H32N7O7P. The van der Waals surface area contributed by atoms with E-state index in [0.29, 0.717) is 0 Å². The Hall–Kier alpha value is -2.80. The van der Waals surface area contributed by atoms with Crippen molar-refractivity contribution in [3.8, 4) is 0 Å². The minimum atomic E-state index is -3.62. The largest absolute Gasteiger partial charge is 0.465 e. The van der Waals surface area contributed by atoms with Crippen molar-refractivity contribution in [2.24, 2.45) is 0 Å². The highest BCUT2D eigenvalue weighted by Crippen LogP contribution is 2.37. The summed E-state index contributed by atoms with van der Waals surface area (Å²) in [5.74, 6) is -1.24. The zero-order valence-corrected chi connectivity index (χ0v) is 20.8. The summed E-state index contributed by atoms with van der Waals surface area (Å²) >= 11 is 0. The van der Waals surface area contributed by atoms with Crippen molar-refractivity contribution in [1.29, 1.82) is 0 Å². The van der Waals surface area contributed by atoms with Crippen LogP contribution in [0.25, 0.3) is 11.2 Å². The number of rotatable bonds is 13. The number of nitrogens with two attached hydrogens (primary N) is 1. The van der Waals surface area contributed by atoms with E-state index in [2.05, 4.69) is 25.1 Å². The molecule has 2 aromatic heterocycles. The first-order valence-corrected chi connectivity index (χ1v) is 12.6. The summed E-state index contributed by atoms with van der Waals surface area (Å²) in [4.78, 5) is 46.6. The maximum absolute atomic E-state index is 13.5. The fourth-order valence-corrected chi connectivity index (χ4v) is 5.01. The molecule has 34 heavy (non-hydrogen) atoms. The Morgan fingerprint density at radius 3 is 2.47 bits per heavy atom. The second kappa shape index (κ2) is 12.1. The smallest absolute Gasteiger partial charge is 0.323 e. The van der Waals surface area contributed by atoms with Gasteiger partial charge >= 0.3 is 11.9 Å². The summed E-state index contributed by atoms with van der Waals surface area (Å²) in [7, 11) is -3.62. The van der Waals surface area contributed by atoms with Crippen LogP contribution in [0.3, 0.4) is 0 Å². The fourth-order valence-electron chi connectivity index (χ4n) is 2.93. The Morgan fingerprint density at radius 2 is 1.85 bits per heavy atom. The Labute approximate surface area is 196 Å². The number of carbonyl (C=O) groups excluding carboxylic acids is 2. The number of anilines is 1. The predicted molar refractivity (Wildman–Crippen MR) is 124 cm³/mol. The summed E-state index contributed by atoms with van der Waals surface area (Å²) in [5.41, 5.74) is 5.54. The molecule has 0 saturated heterocycles. The molecule has 0 spiro atoms. The second-order valence-electron chi connectivity index (χ2n) is 7.78. The second-order valence-corrected chi connectivity index (χ2v) is 10.0. The number of nitrogens with zero attached hydrogens (tertiary/aromatic N) is 3. The van der Waals surface area contributed by atoms with Gasteiger partial charge in [0.05, 0.1) is 25.6 Å². The summed E-state index contributed by atoms with van der Waals surface area (Å²) < 4.78 is 30.8. The molecule has 0 aliphatic rings. The Balaban J connectivity index is 2.07. The molecule has 2 aromatic rings. The number of hydrogen-bond donors (Lipinski definition) is 4. The molecule has 1 unspecified atom stereocenters. The van der Waals surface area contributed by atoms with Gasteiger partial charge in [-0.2, -0.15) is 4.98 Å². The molecule has 2 heterocycles. The van der Waals surface area contributed by atoms with Crippen molar-refractivity contribution in [2.75, 3.05) is 25.3 Å². The van der Waals surface area contributed by atoms with Gasteiger partial charge in [-0.25, -0.2) is 15.2 Å². The number of H-pyrrole nitrogens is 1. The SMILES string of the molecule is CCOC(=O)[C@H](C)NP(=O)(COCCn1cnc2c(=O)[nH]c(N)nc21)N[C@@H](C)C(=O)OC(C)C. The van der Waals surface area contributed by atoms with Crippen LogP contribution in [0, 0.1) is 0 Å². The number of ether oxygens (including phenoxy) is 3. The molecule has 3 atom stereocenters. The highest BCUT2D eigenvalue weighted by Gasteiger charge is 2.32. The van der Waals surface area contributed by atoms with E-state index >= 15 is 0 Å². The van der Waals surface area contributed by atoms with Gasteiger partial charge in [-0.15, -0.1) is 0 Å². The summed E-state index contributed by atoms with van der Waals surface area (Å²) in [5, 5.41) is 5.41. The van der Waals surface area contributed by atoms with Gasteiger partial charge < -0.3 is 24.5 Å². The van der Waals surface area contributed by atoms with E-state index in [1.54, 1.807) is 25.3 Å². The van der Waals surface area contributed by atoms with Crippen molar-refractivity contribution >= 4 is 36.5 Å². The van der Waals surface area contributed by atoms with E-state index in [9.17, 15) is 18.9 Å². The molecule has 190 valence electrons. The van der Waals surface area contributed by atoms with Gasteiger partial charge in [-0.05, 0) is 34.6 Å². The van der Waals surface area contributed by atoms with Crippen molar-refractivity contribution in [3.63, 3.8) is 0 Å².